The number of primary amides is 2. The van der Waals surface area contributed by atoms with Gasteiger partial charge in [0.05, 0.1) is 11.0 Å². The van der Waals surface area contributed by atoms with Gasteiger partial charge >= 0.3 is 0 Å². The van der Waals surface area contributed by atoms with Gasteiger partial charge in [-0.1, -0.05) is 0 Å². The van der Waals surface area contributed by atoms with Gasteiger partial charge in [-0.3, -0.25) is 9.59 Å². The van der Waals surface area contributed by atoms with Crippen LogP contribution in [0.2, 0.25) is 0 Å². The summed E-state index contributed by atoms with van der Waals surface area (Å²) in [6.45, 7) is 3.81. The summed E-state index contributed by atoms with van der Waals surface area (Å²) in [5.41, 5.74) is 16.6. The van der Waals surface area contributed by atoms with E-state index in [1.54, 1.807) is 32.0 Å². The molecule has 98 valence electrons. The SMILES string of the molecule is CC(C)(CNc1ccc(N)c(C(N)=O)c1)C(N)=O. The van der Waals surface area contributed by atoms with Crippen LogP contribution < -0.4 is 22.5 Å². The molecule has 0 aliphatic rings. The second-order valence-corrected chi connectivity index (χ2v) is 4.77. The monoisotopic (exact) mass is 250 g/mol. The van der Waals surface area contributed by atoms with E-state index in [0.717, 1.165) is 0 Å². The van der Waals surface area contributed by atoms with E-state index in [9.17, 15) is 9.59 Å². The maximum Gasteiger partial charge on any atom is 0.250 e. The Balaban J connectivity index is 2.84. The number of hydrogen-bond acceptors (Lipinski definition) is 4. The number of hydrogen-bond donors (Lipinski definition) is 4. The van der Waals surface area contributed by atoms with Gasteiger partial charge in [0, 0.05) is 17.9 Å². The topological polar surface area (TPSA) is 124 Å². The average molecular weight is 250 g/mol. The van der Waals surface area contributed by atoms with Gasteiger partial charge in [-0.05, 0) is 32.0 Å². The van der Waals surface area contributed by atoms with Crippen molar-refractivity contribution >= 4 is 23.2 Å². The molecule has 0 radical (unpaired) electrons. The summed E-state index contributed by atoms with van der Waals surface area (Å²) in [6, 6.07) is 4.84. The molecule has 7 N–H and O–H groups in total. The number of benzene rings is 1. The van der Waals surface area contributed by atoms with Crippen LogP contribution in [0.15, 0.2) is 18.2 Å². The molecule has 1 aromatic carbocycles. The fourth-order valence-electron chi connectivity index (χ4n) is 1.29. The molecule has 0 aromatic heterocycles. The molecule has 18 heavy (non-hydrogen) atoms. The molecule has 0 saturated carbocycles. The number of carbonyl (C=O) groups excluding carboxylic acids is 2. The van der Waals surface area contributed by atoms with E-state index < -0.39 is 17.2 Å². The zero-order valence-electron chi connectivity index (χ0n) is 10.5. The summed E-state index contributed by atoms with van der Waals surface area (Å²) in [5.74, 6) is -0.995. The van der Waals surface area contributed by atoms with Crippen LogP contribution >= 0.6 is 0 Å². The summed E-state index contributed by atoms with van der Waals surface area (Å²) in [4.78, 5) is 22.3. The number of amides is 2. The lowest BCUT2D eigenvalue weighted by molar-refractivity contribution is -0.125. The summed E-state index contributed by atoms with van der Waals surface area (Å²) < 4.78 is 0. The van der Waals surface area contributed by atoms with Gasteiger partial charge in [-0.15, -0.1) is 0 Å². The quantitative estimate of drug-likeness (QED) is 0.560. The molecule has 0 bridgehead atoms. The average Bonchev–Trinajstić information content (AvgIpc) is 2.27. The van der Waals surface area contributed by atoms with E-state index in [1.807, 2.05) is 0 Å². The molecule has 6 nitrogen and oxygen atoms in total. The van der Waals surface area contributed by atoms with Crippen molar-refractivity contribution < 1.29 is 9.59 Å². The largest absolute Gasteiger partial charge is 0.398 e. The molecule has 0 fully saturated rings. The van der Waals surface area contributed by atoms with E-state index in [-0.39, 0.29) is 5.56 Å². The summed E-state index contributed by atoms with van der Waals surface area (Å²) in [6.07, 6.45) is 0. The second-order valence-electron chi connectivity index (χ2n) is 4.77. The first-order valence-electron chi connectivity index (χ1n) is 5.47. The van der Waals surface area contributed by atoms with E-state index in [1.165, 1.54) is 0 Å². The van der Waals surface area contributed by atoms with Gasteiger partial charge in [0.15, 0.2) is 0 Å². The third kappa shape index (κ3) is 3.13. The third-order valence-corrected chi connectivity index (χ3v) is 2.72. The molecule has 0 heterocycles. The highest BCUT2D eigenvalue weighted by molar-refractivity contribution is 5.99. The predicted octanol–water partition coefficient (Wildman–Crippen LogP) is 0.291. The Labute approximate surface area is 106 Å². The summed E-state index contributed by atoms with van der Waals surface area (Å²) in [5, 5.41) is 3.02. The smallest absolute Gasteiger partial charge is 0.250 e. The lowest BCUT2D eigenvalue weighted by Crippen LogP contribution is -2.37. The lowest BCUT2D eigenvalue weighted by atomic mass is 9.92. The molecule has 2 amide bonds. The van der Waals surface area contributed by atoms with Crippen LogP contribution in [0.25, 0.3) is 0 Å². The number of rotatable bonds is 5. The second kappa shape index (κ2) is 4.95. The van der Waals surface area contributed by atoms with Gasteiger partial charge in [-0.25, -0.2) is 0 Å². The Bertz CT molecular complexity index is 483. The van der Waals surface area contributed by atoms with Crippen molar-refractivity contribution in [1.29, 1.82) is 0 Å². The molecular formula is C12H18N4O2. The fraction of sp³-hybridized carbons (Fsp3) is 0.333. The van der Waals surface area contributed by atoms with Crippen LogP contribution in [-0.2, 0) is 4.79 Å². The number of anilines is 2. The van der Waals surface area contributed by atoms with Crippen molar-refractivity contribution in [3.05, 3.63) is 23.8 Å². The van der Waals surface area contributed by atoms with Gasteiger partial charge in [0.1, 0.15) is 0 Å². The minimum absolute atomic E-state index is 0.247. The van der Waals surface area contributed by atoms with Gasteiger partial charge in [0.25, 0.3) is 5.91 Å². The normalized spacial score (nSPS) is 11.0. The maximum atomic E-state index is 11.2. The Morgan fingerprint density at radius 1 is 1.28 bits per heavy atom. The Morgan fingerprint density at radius 3 is 2.39 bits per heavy atom. The van der Waals surface area contributed by atoms with Crippen LogP contribution in [0.3, 0.4) is 0 Å². The molecule has 0 spiro atoms. The third-order valence-electron chi connectivity index (χ3n) is 2.72. The fourth-order valence-corrected chi connectivity index (χ4v) is 1.29. The molecule has 1 aromatic rings. The van der Waals surface area contributed by atoms with E-state index in [2.05, 4.69) is 5.32 Å². The Hall–Kier alpha value is -2.24. The first kappa shape index (κ1) is 13.8. The summed E-state index contributed by atoms with van der Waals surface area (Å²) in [7, 11) is 0. The molecule has 1 rings (SSSR count). The molecule has 0 aliphatic carbocycles. The van der Waals surface area contributed by atoms with Crippen LogP contribution in [0.1, 0.15) is 24.2 Å². The zero-order chi connectivity index (χ0) is 13.9. The molecule has 0 atom stereocenters. The number of nitrogens with two attached hydrogens (primary N) is 3. The van der Waals surface area contributed by atoms with Crippen LogP contribution in [0.5, 0.6) is 0 Å². The van der Waals surface area contributed by atoms with E-state index in [0.29, 0.717) is 17.9 Å². The molecule has 0 saturated heterocycles. The van der Waals surface area contributed by atoms with Crippen molar-refractivity contribution in [2.75, 3.05) is 17.6 Å². The minimum atomic E-state index is -0.686. The summed E-state index contributed by atoms with van der Waals surface area (Å²) >= 11 is 0. The maximum absolute atomic E-state index is 11.2. The Kier molecular flexibility index (Phi) is 3.80. The van der Waals surface area contributed by atoms with Crippen LogP contribution in [0, 0.1) is 5.41 Å². The highest BCUT2D eigenvalue weighted by Gasteiger charge is 2.24. The highest BCUT2D eigenvalue weighted by atomic mass is 16.1. The molecular weight excluding hydrogens is 232 g/mol. The predicted molar refractivity (Wildman–Crippen MR) is 70.8 cm³/mol. The minimum Gasteiger partial charge on any atom is -0.398 e. The molecule has 6 heteroatoms. The van der Waals surface area contributed by atoms with Crippen molar-refractivity contribution in [1.82, 2.24) is 0 Å². The van der Waals surface area contributed by atoms with E-state index in [4.69, 9.17) is 17.2 Å². The first-order valence-corrected chi connectivity index (χ1v) is 5.47. The van der Waals surface area contributed by atoms with E-state index >= 15 is 0 Å². The Morgan fingerprint density at radius 2 is 1.89 bits per heavy atom. The van der Waals surface area contributed by atoms with Gasteiger partial charge in [0.2, 0.25) is 5.91 Å². The standard InChI is InChI=1S/C12H18N4O2/c1-12(2,11(15)18)6-16-7-3-4-9(13)8(5-7)10(14)17/h3-5,16H,6,13H2,1-2H3,(H2,14,17)(H2,15,18). The molecule has 0 unspecified atom stereocenters. The highest BCUT2D eigenvalue weighted by Crippen LogP contribution is 2.20. The van der Waals surface area contributed by atoms with Crippen LogP contribution in [-0.4, -0.2) is 18.4 Å². The molecule has 0 aliphatic heterocycles. The van der Waals surface area contributed by atoms with Crippen molar-refractivity contribution in [3.8, 4) is 0 Å². The lowest BCUT2D eigenvalue weighted by Gasteiger charge is -2.21. The van der Waals surface area contributed by atoms with Crippen LogP contribution in [0.4, 0.5) is 11.4 Å². The number of nitrogens with one attached hydrogen (secondary N) is 1. The number of carbonyl (C=O) groups is 2. The van der Waals surface area contributed by atoms with Gasteiger partial charge < -0.3 is 22.5 Å². The first-order chi connectivity index (χ1) is 8.24. The van der Waals surface area contributed by atoms with Crippen molar-refractivity contribution in [3.63, 3.8) is 0 Å². The zero-order valence-corrected chi connectivity index (χ0v) is 10.5. The van der Waals surface area contributed by atoms with Crippen molar-refractivity contribution in [2.45, 2.75) is 13.8 Å². The number of nitrogen functional groups attached to an aromatic ring is 1. The van der Waals surface area contributed by atoms with Crippen molar-refractivity contribution in [2.24, 2.45) is 16.9 Å². The van der Waals surface area contributed by atoms with Gasteiger partial charge in [-0.2, -0.15) is 0 Å².